The van der Waals surface area contributed by atoms with Crippen LogP contribution in [0.5, 0.6) is 0 Å². The lowest BCUT2D eigenvalue weighted by molar-refractivity contribution is -0.158. The van der Waals surface area contributed by atoms with Gasteiger partial charge in [0.15, 0.2) is 0 Å². The summed E-state index contributed by atoms with van der Waals surface area (Å²) in [5, 5.41) is 0. The molecule has 4 bridgehead atoms. The van der Waals surface area contributed by atoms with Crippen LogP contribution in [0.1, 0.15) is 38.5 Å². The molecule has 5 aliphatic rings. The van der Waals surface area contributed by atoms with Gasteiger partial charge in [-0.3, -0.25) is 4.79 Å². The SMILES string of the molecule is O=C(N1CCN(c2ccc3[nH]c(=O)[nH]c3c2)CC1)C12CC3CC(CC(C3)C1)C2. The van der Waals surface area contributed by atoms with Crippen molar-refractivity contribution in [2.75, 3.05) is 31.1 Å². The minimum absolute atomic E-state index is 0.0273. The lowest BCUT2D eigenvalue weighted by Crippen LogP contribution is -2.58. The number of H-pyrrole nitrogens is 2. The highest BCUT2D eigenvalue weighted by molar-refractivity contribution is 5.84. The number of aromatic nitrogens is 2. The smallest absolute Gasteiger partial charge is 0.323 e. The van der Waals surface area contributed by atoms with Gasteiger partial charge in [0.25, 0.3) is 0 Å². The fourth-order valence-corrected chi connectivity index (χ4v) is 7.09. The van der Waals surface area contributed by atoms with Crippen molar-refractivity contribution in [1.29, 1.82) is 0 Å². The summed E-state index contributed by atoms with van der Waals surface area (Å²) in [6, 6.07) is 6.04. The van der Waals surface area contributed by atoms with Gasteiger partial charge in [-0.15, -0.1) is 0 Å². The second-order valence-corrected chi connectivity index (χ2v) is 9.79. The zero-order chi connectivity index (χ0) is 18.9. The van der Waals surface area contributed by atoms with Crippen LogP contribution >= 0.6 is 0 Å². The Morgan fingerprint density at radius 1 is 0.893 bits per heavy atom. The number of fused-ring (bicyclic) bond motifs is 1. The van der Waals surface area contributed by atoms with E-state index in [0.717, 1.165) is 79.9 Å². The van der Waals surface area contributed by atoms with E-state index in [4.69, 9.17) is 0 Å². The van der Waals surface area contributed by atoms with Crippen LogP contribution < -0.4 is 10.6 Å². The van der Waals surface area contributed by atoms with E-state index in [1.165, 1.54) is 19.3 Å². The van der Waals surface area contributed by atoms with Gasteiger partial charge < -0.3 is 19.8 Å². The number of piperazine rings is 1. The molecule has 6 nitrogen and oxygen atoms in total. The molecule has 7 rings (SSSR count). The number of hydrogen-bond donors (Lipinski definition) is 2. The molecule has 1 aromatic heterocycles. The molecule has 4 aliphatic carbocycles. The maximum Gasteiger partial charge on any atom is 0.323 e. The topological polar surface area (TPSA) is 72.2 Å². The molecule has 1 aromatic carbocycles. The van der Waals surface area contributed by atoms with Gasteiger partial charge in [0.1, 0.15) is 0 Å². The summed E-state index contributed by atoms with van der Waals surface area (Å²) in [5.41, 5.74) is 2.60. The normalized spacial score (nSPS) is 34.4. The first kappa shape index (κ1) is 16.7. The standard InChI is InChI=1S/C22H28N4O2/c27-20(22-11-14-7-15(12-22)9-16(8-14)13-22)26-5-3-25(4-6-26)17-1-2-18-19(10-17)24-21(28)23-18/h1-2,10,14-16H,3-9,11-13H2,(H2,23,24,28). The Morgan fingerprint density at radius 3 is 2.14 bits per heavy atom. The molecule has 0 spiro atoms. The van der Waals surface area contributed by atoms with Crippen molar-refractivity contribution in [3.8, 4) is 0 Å². The second-order valence-electron chi connectivity index (χ2n) is 9.79. The van der Waals surface area contributed by atoms with Crippen LogP contribution in [0.2, 0.25) is 0 Å². The molecule has 1 saturated heterocycles. The fraction of sp³-hybridized carbons (Fsp3) is 0.636. The van der Waals surface area contributed by atoms with Gasteiger partial charge in [0.05, 0.1) is 16.4 Å². The third-order valence-electron chi connectivity index (χ3n) is 7.92. The van der Waals surface area contributed by atoms with E-state index >= 15 is 0 Å². The lowest BCUT2D eigenvalue weighted by atomic mass is 9.49. The predicted molar refractivity (Wildman–Crippen MR) is 108 cm³/mol. The number of carbonyl (C=O) groups is 1. The molecule has 2 aromatic rings. The average Bonchev–Trinajstić information content (AvgIpc) is 3.05. The van der Waals surface area contributed by atoms with Gasteiger partial charge >= 0.3 is 5.69 Å². The molecule has 6 heteroatoms. The van der Waals surface area contributed by atoms with Crippen molar-refractivity contribution < 1.29 is 4.79 Å². The number of imidazole rings is 1. The monoisotopic (exact) mass is 380 g/mol. The number of anilines is 1. The predicted octanol–water partition coefficient (Wildman–Crippen LogP) is 2.72. The number of benzene rings is 1. The molecular weight excluding hydrogens is 352 g/mol. The number of amides is 1. The fourth-order valence-electron chi connectivity index (χ4n) is 7.09. The minimum Gasteiger partial charge on any atom is -0.368 e. The molecular formula is C22H28N4O2. The van der Waals surface area contributed by atoms with Gasteiger partial charge in [0, 0.05) is 31.9 Å². The Kier molecular flexibility index (Phi) is 3.50. The number of aromatic amines is 2. The summed E-state index contributed by atoms with van der Waals surface area (Å²) < 4.78 is 0. The third-order valence-corrected chi connectivity index (χ3v) is 7.92. The Balaban J connectivity index is 1.16. The summed E-state index contributed by atoms with van der Waals surface area (Å²) >= 11 is 0. The summed E-state index contributed by atoms with van der Waals surface area (Å²) in [7, 11) is 0. The maximum atomic E-state index is 13.5. The van der Waals surface area contributed by atoms with Crippen molar-refractivity contribution >= 4 is 22.6 Å². The van der Waals surface area contributed by atoms with Gasteiger partial charge in [-0.05, 0) is 74.5 Å². The van der Waals surface area contributed by atoms with Gasteiger partial charge in [-0.2, -0.15) is 0 Å². The summed E-state index contributed by atoms with van der Waals surface area (Å²) in [6.07, 6.45) is 7.58. The molecule has 1 aliphatic heterocycles. The largest absolute Gasteiger partial charge is 0.368 e. The van der Waals surface area contributed by atoms with E-state index < -0.39 is 0 Å². The van der Waals surface area contributed by atoms with Crippen molar-refractivity contribution in [1.82, 2.24) is 14.9 Å². The van der Waals surface area contributed by atoms with Crippen molar-refractivity contribution in [2.45, 2.75) is 38.5 Å². The lowest BCUT2D eigenvalue weighted by Gasteiger charge is -2.57. The van der Waals surface area contributed by atoms with Crippen LogP contribution in [0.4, 0.5) is 5.69 Å². The molecule has 4 saturated carbocycles. The first-order valence-electron chi connectivity index (χ1n) is 10.8. The molecule has 2 heterocycles. The summed E-state index contributed by atoms with van der Waals surface area (Å²) in [6.45, 7) is 3.33. The van der Waals surface area contributed by atoms with Crippen LogP contribution in [0.15, 0.2) is 23.0 Å². The third kappa shape index (κ3) is 2.53. The number of rotatable bonds is 2. The van der Waals surface area contributed by atoms with Crippen LogP contribution in [0.3, 0.4) is 0 Å². The molecule has 5 fully saturated rings. The van der Waals surface area contributed by atoms with Crippen molar-refractivity contribution in [3.63, 3.8) is 0 Å². The van der Waals surface area contributed by atoms with Crippen LogP contribution in [-0.4, -0.2) is 47.0 Å². The van der Waals surface area contributed by atoms with Crippen LogP contribution in [0.25, 0.3) is 11.0 Å². The first-order valence-corrected chi connectivity index (χ1v) is 10.8. The molecule has 28 heavy (non-hydrogen) atoms. The maximum absolute atomic E-state index is 13.5. The van der Waals surface area contributed by atoms with Gasteiger partial charge in [0.2, 0.25) is 5.91 Å². The van der Waals surface area contributed by atoms with Crippen LogP contribution in [-0.2, 0) is 4.79 Å². The van der Waals surface area contributed by atoms with E-state index in [9.17, 15) is 9.59 Å². The van der Waals surface area contributed by atoms with Crippen molar-refractivity contribution in [3.05, 3.63) is 28.7 Å². The Hall–Kier alpha value is -2.24. The van der Waals surface area contributed by atoms with Gasteiger partial charge in [-0.1, -0.05) is 0 Å². The van der Waals surface area contributed by atoms with E-state index in [0.29, 0.717) is 5.91 Å². The number of nitrogens with one attached hydrogen (secondary N) is 2. The molecule has 2 N–H and O–H groups in total. The zero-order valence-corrected chi connectivity index (χ0v) is 16.2. The molecule has 0 unspecified atom stereocenters. The highest BCUT2D eigenvalue weighted by Crippen LogP contribution is 2.60. The number of nitrogens with zero attached hydrogens (tertiary/aromatic N) is 2. The summed E-state index contributed by atoms with van der Waals surface area (Å²) in [5.74, 6) is 2.89. The highest BCUT2D eigenvalue weighted by atomic mass is 16.2. The number of carbonyl (C=O) groups excluding carboxylic acids is 1. The first-order chi connectivity index (χ1) is 13.6. The van der Waals surface area contributed by atoms with E-state index in [1.807, 2.05) is 12.1 Å². The van der Waals surface area contributed by atoms with E-state index in [1.54, 1.807) is 0 Å². The van der Waals surface area contributed by atoms with E-state index in [2.05, 4.69) is 25.8 Å². The Bertz CT molecular complexity index is 947. The minimum atomic E-state index is -0.168. The average molecular weight is 380 g/mol. The van der Waals surface area contributed by atoms with Crippen LogP contribution in [0, 0.1) is 23.2 Å². The zero-order valence-electron chi connectivity index (χ0n) is 16.2. The van der Waals surface area contributed by atoms with Gasteiger partial charge in [-0.25, -0.2) is 4.79 Å². The van der Waals surface area contributed by atoms with E-state index in [-0.39, 0.29) is 11.1 Å². The Morgan fingerprint density at radius 2 is 1.50 bits per heavy atom. The number of hydrogen-bond acceptors (Lipinski definition) is 3. The Labute approximate surface area is 164 Å². The molecule has 0 atom stereocenters. The highest BCUT2D eigenvalue weighted by Gasteiger charge is 2.55. The quantitative estimate of drug-likeness (QED) is 0.841. The second kappa shape index (κ2) is 5.88. The molecule has 0 radical (unpaired) electrons. The molecule has 148 valence electrons. The summed E-state index contributed by atoms with van der Waals surface area (Å²) in [4.78, 5) is 35.1. The van der Waals surface area contributed by atoms with Crippen molar-refractivity contribution in [2.24, 2.45) is 23.2 Å². The molecule has 1 amide bonds.